The first kappa shape index (κ1) is 24.4. The van der Waals surface area contributed by atoms with Gasteiger partial charge in [-0.05, 0) is 88.0 Å². The number of pyridine rings is 1. The van der Waals surface area contributed by atoms with E-state index in [0.717, 1.165) is 59.9 Å². The molecule has 0 spiro atoms. The summed E-state index contributed by atoms with van der Waals surface area (Å²) in [5.41, 5.74) is 3.90. The first-order valence-electron chi connectivity index (χ1n) is 11.7. The Kier molecular flexibility index (Phi) is 7.39. The Morgan fingerprint density at radius 2 is 1.91 bits per heavy atom. The lowest BCUT2D eigenvalue weighted by atomic mass is 9.85. The van der Waals surface area contributed by atoms with Gasteiger partial charge in [-0.3, -0.25) is 9.78 Å². The summed E-state index contributed by atoms with van der Waals surface area (Å²) >= 11 is 6.02. The van der Waals surface area contributed by atoms with Crippen LogP contribution in [0.3, 0.4) is 0 Å². The van der Waals surface area contributed by atoms with E-state index >= 15 is 0 Å². The van der Waals surface area contributed by atoms with Gasteiger partial charge in [-0.25, -0.2) is 4.39 Å². The average Bonchev–Trinajstić information content (AvgIpc) is 2.79. The van der Waals surface area contributed by atoms with Crippen molar-refractivity contribution in [1.82, 2.24) is 9.88 Å². The molecule has 0 unspecified atom stereocenters. The van der Waals surface area contributed by atoms with Crippen LogP contribution in [0.2, 0.25) is 5.02 Å². The molecule has 1 saturated carbocycles. The van der Waals surface area contributed by atoms with Gasteiger partial charge in [0.2, 0.25) is 0 Å². The van der Waals surface area contributed by atoms with Crippen LogP contribution in [0.1, 0.15) is 38.2 Å². The fourth-order valence-electron chi connectivity index (χ4n) is 4.93. The third-order valence-electron chi connectivity index (χ3n) is 6.55. The van der Waals surface area contributed by atoms with Gasteiger partial charge in [0.05, 0.1) is 10.5 Å². The minimum atomic E-state index is -0.765. The minimum absolute atomic E-state index is 0.0358. The van der Waals surface area contributed by atoms with E-state index in [4.69, 9.17) is 11.6 Å². The molecule has 34 heavy (non-hydrogen) atoms. The number of nitrogens with zero attached hydrogens (tertiary/aromatic N) is 2. The maximum absolute atomic E-state index is 14.1. The topological polar surface area (TPSA) is 65.5 Å². The SMILES string of the molecule is CC(=O)Cc1cnc2ccc(-c3cc(F)c(O)c(Cl)c3)cc2c1NC1CCC(CN(C)C)CC1. The molecule has 2 aromatic carbocycles. The van der Waals surface area contributed by atoms with Crippen LogP contribution in [0.5, 0.6) is 5.75 Å². The number of benzene rings is 2. The quantitative estimate of drug-likeness (QED) is 0.427. The number of aromatic nitrogens is 1. The van der Waals surface area contributed by atoms with Crippen LogP contribution in [-0.4, -0.2) is 47.5 Å². The summed E-state index contributed by atoms with van der Waals surface area (Å²) in [6.45, 7) is 2.69. The van der Waals surface area contributed by atoms with E-state index in [2.05, 4.69) is 29.3 Å². The molecule has 0 aliphatic heterocycles. The zero-order chi connectivity index (χ0) is 24.4. The molecule has 2 N–H and O–H groups in total. The van der Waals surface area contributed by atoms with Gasteiger partial charge in [0.25, 0.3) is 0 Å². The fourth-order valence-corrected chi connectivity index (χ4v) is 5.14. The van der Waals surface area contributed by atoms with Crippen LogP contribution in [0.4, 0.5) is 10.1 Å². The molecule has 0 amide bonds. The Morgan fingerprint density at radius 3 is 2.56 bits per heavy atom. The van der Waals surface area contributed by atoms with Gasteiger partial charge in [0, 0.05) is 41.8 Å². The molecule has 1 aliphatic carbocycles. The number of phenolic OH excluding ortho intramolecular Hbond substituents is 1. The summed E-state index contributed by atoms with van der Waals surface area (Å²) in [6, 6.07) is 8.84. The Balaban J connectivity index is 1.71. The number of halogens is 2. The second-order valence-electron chi connectivity index (χ2n) is 9.68. The van der Waals surface area contributed by atoms with Gasteiger partial charge in [0.15, 0.2) is 11.6 Å². The molecular weight excluding hydrogens is 453 g/mol. The third kappa shape index (κ3) is 5.50. The number of hydrogen-bond donors (Lipinski definition) is 2. The van der Waals surface area contributed by atoms with Crippen LogP contribution >= 0.6 is 11.6 Å². The van der Waals surface area contributed by atoms with Gasteiger partial charge in [-0.2, -0.15) is 0 Å². The molecule has 1 aromatic heterocycles. The number of fused-ring (bicyclic) bond motifs is 1. The number of ketones is 1. The molecule has 0 radical (unpaired) electrons. The number of nitrogens with one attached hydrogen (secondary N) is 1. The number of rotatable bonds is 7. The second-order valence-corrected chi connectivity index (χ2v) is 10.1. The van der Waals surface area contributed by atoms with Gasteiger partial charge >= 0.3 is 0 Å². The van der Waals surface area contributed by atoms with E-state index in [0.29, 0.717) is 23.9 Å². The van der Waals surface area contributed by atoms with Crippen molar-refractivity contribution in [3.63, 3.8) is 0 Å². The molecule has 3 aromatic rings. The maximum atomic E-state index is 14.1. The molecule has 5 nitrogen and oxygen atoms in total. The van der Waals surface area contributed by atoms with Gasteiger partial charge < -0.3 is 15.3 Å². The predicted octanol–water partition coefficient (Wildman–Crippen LogP) is 6.06. The van der Waals surface area contributed by atoms with E-state index in [-0.39, 0.29) is 10.8 Å². The smallest absolute Gasteiger partial charge is 0.170 e. The number of aromatic hydroxyl groups is 1. The molecule has 1 aliphatic rings. The first-order valence-corrected chi connectivity index (χ1v) is 12.1. The predicted molar refractivity (Wildman–Crippen MR) is 136 cm³/mol. The van der Waals surface area contributed by atoms with E-state index in [1.54, 1.807) is 19.2 Å². The lowest BCUT2D eigenvalue weighted by molar-refractivity contribution is -0.116. The molecular formula is C27H31ClFN3O2. The number of hydrogen-bond acceptors (Lipinski definition) is 5. The number of Topliss-reactive ketones (excluding diaryl/α,β-unsaturated/α-hetero) is 1. The Bertz CT molecular complexity index is 1180. The molecule has 1 fully saturated rings. The standard InChI is InChI=1S/C27H31ClFN3O2/c1-16(33)10-20-14-30-25-9-6-18(19-12-23(28)27(34)24(29)13-19)11-22(25)26(20)31-21-7-4-17(5-8-21)15-32(2)3/h6,9,11-14,17,21,34H,4-5,7-8,10,15H2,1-3H3,(H,30,31). The van der Waals surface area contributed by atoms with Crippen molar-refractivity contribution in [2.45, 2.75) is 45.1 Å². The van der Waals surface area contributed by atoms with Crippen LogP contribution in [0, 0.1) is 11.7 Å². The molecule has 4 rings (SSSR count). The highest BCUT2D eigenvalue weighted by molar-refractivity contribution is 6.32. The third-order valence-corrected chi connectivity index (χ3v) is 6.84. The van der Waals surface area contributed by atoms with E-state index < -0.39 is 11.6 Å². The van der Waals surface area contributed by atoms with Crippen molar-refractivity contribution in [3.05, 3.63) is 52.9 Å². The lowest BCUT2D eigenvalue weighted by Crippen LogP contribution is -2.31. The van der Waals surface area contributed by atoms with E-state index in [1.807, 2.05) is 18.2 Å². The Labute approximate surface area is 204 Å². The highest BCUT2D eigenvalue weighted by Gasteiger charge is 2.23. The van der Waals surface area contributed by atoms with Gasteiger partial charge in [-0.1, -0.05) is 17.7 Å². The largest absolute Gasteiger partial charge is 0.504 e. The number of phenols is 1. The Morgan fingerprint density at radius 1 is 1.18 bits per heavy atom. The monoisotopic (exact) mass is 483 g/mol. The highest BCUT2D eigenvalue weighted by Crippen LogP contribution is 2.36. The summed E-state index contributed by atoms with van der Waals surface area (Å²) in [6.07, 6.45) is 6.54. The minimum Gasteiger partial charge on any atom is -0.504 e. The second kappa shape index (κ2) is 10.3. The first-order chi connectivity index (χ1) is 16.2. The van der Waals surface area contributed by atoms with Crippen molar-refractivity contribution in [2.24, 2.45) is 5.92 Å². The van der Waals surface area contributed by atoms with Crippen molar-refractivity contribution in [3.8, 4) is 16.9 Å². The molecule has 0 bridgehead atoms. The van der Waals surface area contributed by atoms with Crippen molar-refractivity contribution in [1.29, 1.82) is 0 Å². The summed E-state index contributed by atoms with van der Waals surface area (Å²) in [4.78, 5) is 18.8. The van der Waals surface area contributed by atoms with Crippen LogP contribution in [-0.2, 0) is 11.2 Å². The average molecular weight is 484 g/mol. The number of anilines is 1. The molecule has 7 heteroatoms. The Hall–Kier alpha value is -2.70. The number of carbonyl (C=O) groups is 1. The van der Waals surface area contributed by atoms with Crippen molar-refractivity contribution < 1.29 is 14.3 Å². The summed E-state index contributed by atoms with van der Waals surface area (Å²) in [5.74, 6) is -0.537. The summed E-state index contributed by atoms with van der Waals surface area (Å²) in [7, 11) is 4.23. The molecule has 1 heterocycles. The highest BCUT2D eigenvalue weighted by atomic mass is 35.5. The van der Waals surface area contributed by atoms with Crippen molar-refractivity contribution >= 4 is 34.0 Å². The van der Waals surface area contributed by atoms with Crippen molar-refractivity contribution in [2.75, 3.05) is 26.0 Å². The normalized spacial score (nSPS) is 18.4. The van der Waals surface area contributed by atoms with Crippen LogP contribution < -0.4 is 5.32 Å². The zero-order valence-corrected chi connectivity index (χ0v) is 20.6. The van der Waals surface area contributed by atoms with E-state index in [9.17, 15) is 14.3 Å². The lowest BCUT2D eigenvalue weighted by Gasteiger charge is -2.32. The molecule has 0 saturated heterocycles. The van der Waals surface area contributed by atoms with Gasteiger partial charge in [-0.15, -0.1) is 0 Å². The molecule has 0 atom stereocenters. The maximum Gasteiger partial charge on any atom is 0.170 e. The summed E-state index contributed by atoms with van der Waals surface area (Å²) < 4.78 is 14.1. The van der Waals surface area contributed by atoms with Crippen LogP contribution in [0.15, 0.2) is 36.5 Å². The molecule has 180 valence electrons. The fraction of sp³-hybridized carbons (Fsp3) is 0.407. The summed E-state index contributed by atoms with van der Waals surface area (Å²) in [5, 5.41) is 14.3. The number of carbonyl (C=O) groups excluding carboxylic acids is 1. The zero-order valence-electron chi connectivity index (χ0n) is 19.9. The van der Waals surface area contributed by atoms with Gasteiger partial charge in [0.1, 0.15) is 5.78 Å². The van der Waals surface area contributed by atoms with E-state index in [1.165, 1.54) is 6.07 Å². The van der Waals surface area contributed by atoms with Crippen LogP contribution in [0.25, 0.3) is 22.0 Å².